The fourth-order valence-electron chi connectivity index (χ4n) is 1.95. The molecular formula is C12H9N3O4. The topological polar surface area (TPSA) is 112 Å². The molecule has 3 rings (SSSR count). The molecule has 2 heterocycles. The zero-order valence-corrected chi connectivity index (χ0v) is 9.85. The van der Waals surface area contributed by atoms with E-state index in [4.69, 9.17) is 9.52 Å². The molecule has 19 heavy (non-hydrogen) atoms. The van der Waals surface area contributed by atoms with Gasteiger partial charge in [0.25, 0.3) is 0 Å². The molecule has 3 aromatic rings. The predicted octanol–water partition coefficient (Wildman–Crippen LogP) is 1.52. The summed E-state index contributed by atoms with van der Waals surface area (Å²) >= 11 is 0. The predicted molar refractivity (Wildman–Crippen MR) is 66.1 cm³/mol. The maximum absolute atomic E-state index is 11.1. The first-order chi connectivity index (χ1) is 9.04. The third-order valence-electron chi connectivity index (χ3n) is 2.73. The van der Waals surface area contributed by atoms with E-state index in [0.717, 1.165) is 0 Å². The summed E-state index contributed by atoms with van der Waals surface area (Å²) < 4.78 is 4.94. The van der Waals surface area contributed by atoms with Crippen molar-refractivity contribution >= 4 is 17.1 Å². The Labute approximate surface area is 105 Å². The van der Waals surface area contributed by atoms with E-state index in [0.29, 0.717) is 28.2 Å². The summed E-state index contributed by atoms with van der Waals surface area (Å²) in [5.41, 5.74) is 1.81. The number of aromatic nitrogens is 3. The molecule has 0 bridgehead atoms. The van der Waals surface area contributed by atoms with E-state index < -0.39 is 11.7 Å². The molecule has 0 fully saturated rings. The summed E-state index contributed by atoms with van der Waals surface area (Å²) in [5.74, 6) is -1.14. The van der Waals surface area contributed by atoms with Crippen molar-refractivity contribution in [1.29, 1.82) is 0 Å². The number of carbonyl (C=O) groups is 1. The lowest BCUT2D eigenvalue weighted by Gasteiger charge is -1.98. The molecular weight excluding hydrogens is 250 g/mol. The fraction of sp³-hybridized carbons (Fsp3) is 0.0833. The van der Waals surface area contributed by atoms with Crippen LogP contribution in [0.3, 0.4) is 0 Å². The maximum Gasteiger partial charge on any atom is 0.417 e. The van der Waals surface area contributed by atoms with Gasteiger partial charge in [-0.3, -0.25) is 4.98 Å². The largest absolute Gasteiger partial charge is 0.477 e. The molecule has 0 saturated heterocycles. The smallest absolute Gasteiger partial charge is 0.417 e. The second-order valence-electron chi connectivity index (χ2n) is 4.08. The molecule has 96 valence electrons. The van der Waals surface area contributed by atoms with Crippen molar-refractivity contribution in [2.45, 2.75) is 6.92 Å². The highest BCUT2D eigenvalue weighted by Crippen LogP contribution is 2.24. The van der Waals surface area contributed by atoms with E-state index in [2.05, 4.69) is 15.0 Å². The van der Waals surface area contributed by atoms with E-state index in [9.17, 15) is 9.59 Å². The summed E-state index contributed by atoms with van der Waals surface area (Å²) in [6, 6.07) is 4.90. The molecule has 2 aromatic heterocycles. The van der Waals surface area contributed by atoms with Crippen molar-refractivity contribution in [2.75, 3.05) is 0 Å². The highest BCUT2D eigenvalue weighted by Gasteiger charge is 2.17. The Morgan fingerprint density at radius 3 is 2.89 bits per heavy atom. The number of fused-ring (bicyclic) bond motifs is 1. The van der Waals surface area contributed by atoms with Gasteiger partial charge >= 0.3 is 11.7 Å². The van der Waals surface area contributed by atoms with E-state index in [1.54, 1.807) is 25.1 Å². The highest BCUT2D eigenvalue weighted by atomic mass is 16.4. The Morgan fingerprint density at radius 1 is 1.37 bits per heavy atom. The Bertz CT molecular complexity index is 840. The van der Waals surface area contributed by atoms with Gasteiger partial charge in [0.15, 0.2) is 11.3 Å². The van der Waals surface area contributed by atoms with Crippen LogP contribution in [-0.2, 0) is 0 Å². The first kappa shape index (κ1) is 11.3. The van der Waals surface area contributed by atoms with E-state index in [1.807, 2.05) is 0 Å². The van der Waals surface area contributed by atoms with E-state index in [1.165, 1.54) is 0 Å². The van der Waals surface area contributed by atoms with Crippen LogP contribution in [0.5, 0.6) is 0 Å². The van der Waals surface area contributed by atoms with Crippen molar-refractivity contribution < 1.29 is 14.3 Å². The third kappa shape index (κ3) is 1.81. The minimum atomic E-state index is -1.09. The summed E-state index contributed by atoms with van der Waals surface area (Å²) in [6.07, 6.45) is 0. The van der Waals surface area contributed by atoms with Gasteiger partial charge in [-0.25, -0.2) is 14.6 Å². The number of hydrogen-bond acceptors (Lipinski definition) is 4. The van der Waals surface area contributed by atoms with Crippen LogP contribution in [0, 0.1) is 6.92 Å². The number of aromatic carboxylic acids is 1. The van der Waals surface area contributed by atoms with Gasteiger partial charge < -0.3 is 14.5 Å². The van der Waals surface area contributed by atoms with Crippen molar-refractivity contribution in [3.05, 3.63) is 40.3 Å². The number of aryl methyl sites for hydroxylation is 1. The van der Waals surface area contributed by atoms with Gasteiger partial charge in [-0.05, 0) is 19.1 Å². The molecule has 1 aromatic carbocycles. The van der Waals surface area contributed by atoms with Crippen LogP contribution in [0.1, 0.15) is 16.3 Å². The van der Waals surface area contributed by atoms with Crippen LogP contribution >= 0.6 is 0 Å². The lowest BCUT2D eigenvalue weighted by molar-refractivity contribution is 0.0692. The van der Waals surface area contributed by atoms with Gasteiger partial charge in [-0.1, -0.05) is 6.07 Å². The number of carboxylic acids is 1. The van der Waals surface area contributed by atoms with Gasteiger partial charge in [-0.2, -0.15) is 0 Å². The van der Waals surface area contributed by atoms with Crippen LogP contribution in [0.2, 0.25) is 0 Å². The fourth-order valence-corrected chi connectivity index (χ4v) is 1.95. The number of H-pyrrole nitrogens is 2. The Balaban J connectivity index is 2.23. The molecule has 7 nitrogen and oxygen atoms in total. The van der Waals surface area contributed by atoms with Gasteiger partial charge in [-0.15, -0.1) is 0 Å². The average Bonchev–Trinajstić information content (AvgIpc) is 2.89. The molecule has 0 spiro atoms. The van der Waals surface area contributed by atoms with Crippen LogP contribution < -0.4 is 5.76 Å². The molecule has 0 unspecified atom stereocenters. The Hall–Kier alpha value is -2.83. The molecule has 0 aliphatic rings. The zero-order valence-electron chi connectivity index (χ0n) is 9.85. The summed E-state index contributed by atoms with van der Waals surface area (Å²) in [7, 11) is 0. The number of aromatic amines is 2. The number of nitrogens with one attached hydrogen (secondary N) is 2. The van der Waals surface area contributed by atoms with Crippen molar-refractivity contribution in [1.82, 2.24) is 15.0 Å². The lowest BCUT2D eigenvalue weighted by atomic mass is 10.1. The molecule has 0 saturated carbocycles. The van der Waals surface area contributed by atoms with Crippen molar-refractivity contribution in [2.24, 2.45) is 0 Å². The highest BCUT2D eigenvalue weighted by molar-refractivity contribution is 5.94. The van der Waals surface area contributed by atoms with Gasteiger partial charge in [0.1, 0.15) is 11.5 Å². The number of imidazole rings is 1. The monoisotopic (exact) mass is 259 g/mol. The quantitative estimate of drug-likeness (QED) is 0.645. The van der Waals surface area contributed by atoms with Crippen LogP contribution in [0.25, 0.3) is 22.4 Å². The van der Waals surface area contributed by atoms with Crippen LogP contribution in [-0.4, -0.2) is 26.0 Å². The van der Waals surface area contributed by atoms with Crippen LogP contribution in [0.15, 0.2) is 27.4 Å². The molecule has 0 atom stereocenters. The van der Waals surface area contributed by atoms with Gasteiger partial charge in [0, 0.05) is 5.56 Å². The maximum atomic E-state index is 11.1. The first-order valence-electron chi connectivity index (χ1n) is 5.48. The molecule has 0 amide bonds. The Morgan fingerprint density at radius 2 is 2.16 bits per heavy atom. The number of rotatable bonds is 2. The third-order valence-corrected chi connectivity index (χ3v) is 2.73. The molecule has 0 aliphatic heterocycles. The van der Waals surface area contributed by atoms with Crippen molar-refractivity contribution in [3.8, 4) is 11.3 Å². The van der Waals surface area contributed by atoms with Crippen LogP contribution in [0.4, 0.5) is 0 Å². The number of carboxylic acid groups (broad SMARTS) is 1. The Kier molecular flexibility index (Phi) is 2.28. The van der Waals surface area contributed by atoms with E-state index in [-0.39, 0.29) is 5.69 Å². The van der Waals surface area contributed by atoms with E-state index >= 15 is 0 Å². The lowest BCUT2D eigenvalue weighted by Crippen LogP contribution is -1.99. The summed E-state index contributed by atoms with van der Waals surface area (Å²) in [5, 5.41) is 9.11. The normalized spacial score (nSPS) is 11.0. The standard InChI is InChI=1S/C12H9N3O4/c1-5-13-9(10(14-5)11(16)17)6-2-3-7-8(4-6)19-12(18)15-7/h2-4H,1H3,(H,13,14)(H,15,18)(H,16,17). The summed E-state index contributed by atoms with van der Waals surface area (Å²) in [6.45, 7) is 1.67. The SMILES string of the molecule is Cc1nc(-c2ccc3[nH]c(=O)oc3c2)c(C(=O)O)[nH]1. The van der Waals surface area contributed by atoms with Gasteiger partial charge in [0.2, 0.25) is 0 Å². The number of nitrogens with zero attached hydrogens (tertiary/aromatic N) is 1. The molecule has 0 aliphatic carbocycles. The number of benzene rings is 1. The van der Waals surface area contributed by atoms with Crippen molar-refractivity contribution in [3.63, 3.8) is 0 Å². The second-order valence-corrected chi connectivity index (χ2v) is 4.08. The summed E-state index contributed by atoms with van der Waals surface area (Å²) in [4.78, 5) is 31.6. The zero-order chi connectivity index (χ0) is 13.6. The molecule has 7 heteroatoms. The average molecular weight is 259 g/mol. The number of oxazole rings is 1. The number of hydrogen-bond donors (Lipinski definition) is 3. The molecule has 0 radical (unpaired) electrons. The molecule has 3 N–H and O–H groups in total. The van der Waals surface area contributed by atoms with Gasteiger partial charge in [0.05, 0.1) is 5.52 Å². The minimum absolute atomic E-state index is 0.00901. The first-order valence-corrected chi connectivity index (χ1v) is 5.48. The minimum Gasteiger partial charge on any atom is -0.477 e. The second kappa shape index (κ2) is 3.84.